The molecule has 0 bridgehead atoms. The molecule has 22 heavy (non-hydrogen) atoms. The third-order valence-corrected chi connectivity index (χ3v) is 3.41. The number of hydrogen-bond donors (Lipinski definition) is 1. The Bertz CT molecular complexity index is 723. The molecule has 1 aromatic heterocycles. The molecule has 0 saturated carbocycles. The average molecular weight is 295 g/mol. The summed E-state index contributed by atoms with van der Waals surface area (Å²) in [6.45, 7) is 0. The maximum absolute atomic E-state index is 6.15. The zero-order chi connectivity index (χ0) is 15.4. The zero-order valence-corrected chi connectivity index (χ0v) is 12.3. The summed E-state index contributed by atoms with van der Waals surface area (Å²) in [5.41, 5.74) is 8.15. The molecule has 1 atom stereocenters. The van der Waals surface area contributed by atoms with Crippen LogP contribution in [0.2, 0.25) is 0 Å². The fraction of sp³-hybridized carbons (Fsp3) is 0.176. The van der Waals surface area contributed by atoms with Crippen molar-refractivity contribution in [1.82, 2.24) is 10.1 Å². The van der Waals surface area contributed by atoms with Crippen LogP contribution in [0.25, 0.3) is 11.4 Å². The summed E-state index contributed by atoms with van der Waals surface area (Å²) in [4.78, 5) is 4.39. The minimum absolute atomic E-state index is 0.318. The minimum Gasteiger partial charge on any atom is -0.497 e. The van der Waals surface area contributed by atoms with Crippen molar-refractivity contribution in [3.8, 4) is 17.1 Å². The van der Waals surface area contributed by atoms with Gasteiger partial charge in [0.2, 0.25) is 11.7 Å². The summed E-state index contributed by atoms with van der Waals surface area (Å²) in [6, 6.07) is 17.2. The molecule has 0 aliphatic carbocycles. The molecule has 0 radical (unpaired) electrons. The van der Waals surface area contributed by atoms with Crippen LogP contribution < -0.4 is 10.5 Å². The van der Waals surface area contributed by atoms with Crippen LogP contribution in [0.5, 0.6) is 5.75 Å². The summed E-state index contributed by atoms with van der Waals surface area (Å²) in [5, 5.41) is 4.00. The van der Waals surface area contributed by atoms with E-state index in [0.29, 0.717) is 18.1 Å². The maximum Gasteiger partial charge on any atom is 0.244 e. The van der Waals surface area contributed by atoms with E-state index in [-0.39, 0.29) is 6.04 Å². The van der Waals surface area contributed by atoms with Crippen LogP contribution in [0.3, 0.4) is 0 Å². The van der Waals surface area contributed by atoms with E-state index in [0.717, 1.165) is 16.9 Å². The number of nitrogens with two attached hydrogens (primary N) is 1. The lowest BCUT2D eigenvalue weighted by Crippen LogP contribution is -2.13. The minimum atomic E-state index is -0.318. The molecule has 1 heterocycles. The van der Waals surface area contributed by atoms with Crippen molar-refractivity contribution in [2.24, 2.45) is 5.73 Å². The van der Waals surface area contributed by atoms with Crippen molar-refractivity contribution in [2.75, 3.05) is 7.11 Å². The number of rotatable bonds is 5. The number of methoxy groups -OCH3 is 1. The third kappa shape index (κ3) is 3.15. The van der Waals surface area contributed by atoms with Gasteiger partial charge in [-0.15, -0.1) is 0 Å². The second-order valence-electron chi connectivity index (χ2n) is 4.98. The smallest absolute Gasteiger partial charge is 0.244 e. The van der Waals surface area contributed by atoms with Gasteiger partial charge in [0.25, 0.3) is 0 Å². The van der Waals surface area contributed by atoms with Gasteiger partial charge >= 0.3 is 0 Å². The van der Waals surface area contributed by atoms with Gasteiger partial charge < -0.3 is 15.0 Å². The molecule has 112 valence electrons. The molecule has 3 rings (SSSR count). The largest absolute Gasteiger partial charge is 0.497 e. The predicted octanol–water partition coefficient (Wildman–Crippen LogP) is 2.99. The summed E-state index contributed by atoms with van der Waals surface area (Å²) in [6.07, 6.45) is 0.658. The number of ether oxygens (including phenoxy) is 1. The van der Waals surface area contributed by atoms with E-state index in [4.69, 9.17) is 15.0 Å². The molecule has 0 spiro atoms. The van der Waals surface area contributed by atoms with E-state index in [1.54, 1.807) is 7.11 Å². The van der Waals surface area contributed by atoms with Crippen molar-refractivity contribution in [3.05, 3.63) is 66.1 Å². The van der Waals surface area contributed by atoms with Crippen molar-refractivity contribution < 1.29 is 9.26 Å². The molecule has 0 fully saturated rings. The lowest BCUT2D eigenvalue weighted by atomic mass is 10.1. The average Bonchev–Trinajstić information content (AvgIpc) is 3.06. The Balaban J connectivity index is 1.75. The molecule has 0 aliphatic rings. The predicted molar refractivity (Wildman–Crippen MR) is 83.4 cm³/mol. The van der Waals surface area contributed by atoms with Crippen LogP contribution in [0.1, 0.15) is 17.5 Å². The highest BCUT2D eigenvalue weighted by Gasteiger charge is 2.16. The van der Waals surface area contributed by atoms with Gasteiger partial charge in [-0.3, -0.25) is 0 Å². The molecule has 0 amide bonds. The molecule has 0 saturated heterocycles. The molecule has 1 unspecified atom stereocenters. The number of aromatic nitrogens is 2. The highest BCUT2D eigenvalue weighted by Crippen LogP contribution is 2.22. The van der Waals surface area contributed by atoms with Crippen molar-refractivity contribution in [2.45, 2.75) is 12.5 Å². The van der Waals surface area contributed by atoms with E-state index >= 15 is 0 Å². The number of nitrogens with zero attached hydrogens (tertiary/aromatic N) is 2. The fourth-order valence-electron chi connectivity index (χ4n) is 2.20. The Hall–Kier alpha value is -2.66. The molecular formula is C17H17N3O2. The van der Waals surface area contributed by atoms with Crippen LogP contribution in [-0.4, -0.2) is 17.3 Å². The quantitative estimate of drug-likeness (QED) is 0.783. The van der Waals surface area contributed by atoms with E-state index in [1.165, 1.54) is 0 Å². The molecular weight excluding hydrogens is 278 g/mol. The lowest BCUT2D eigenvalue weighted by Gasteiger charge is -2.06. The molecule has 5 nitrogen and oxygen atoms in total. The Kier molecular flexibility index (Phi) is 4.16. The lowest BCUT2D eigenvalue weighted by molar-refractivity contribution is 0.354. The standard InChI is InChI=1S/C17H17N3O2/c1-21-14-9-7-13(8-10-14)16-19-17(22-20-16)15(18)11-12-5-3-2-4-6-12/h2-10,15H,11,18H2,1H3. The first-order valence-corrected chi connectivity index (χ1v) is 7.04. The Morgan fingerprint density at radius 3 is 2.50 bits per heavy atom. The number of hydrogen-bond acceptors (Lipinski definition) is 5. The van der Waals surface area contributed by atoms with Gasteiger partial charge in [-0.05, 0) is 36.2 Å². The maximum atomic E-state index is 6.15. The molecule has 2 aromatic carbocycles. The van der Waals surface area contributed by atoms with Gasteiger partial charge in [0, 0.05) is 5.56 Å². The van der Waals surface area contributed by atoms with E-state index < -0.39 is 0 Å². The molecule has 2 N–H and O–H groups in total. The van der Waals surface area contributed by atoms with Crippen LogP contribution >= 0.6 is 0 Å². The Labute approximate surface area is 128 Å². The van der Waals surface area contributed by atoms with Gasteiger partial charge in [-0.1, -0.05) is 35.5 Å². The second-order valence-corrected chi connectivity index (χ2v) is 4.98. The summed E-state index contributed by atoms with van der Waals surface area (Å²) >= 11 is 0. The highest BCUT2D eigenvalue weighted by molar-refractivity contribution is 5.55. The van der Waals surface area contributed by atoms with Crippen LogP contribution in [0.15, 0.2) is 59.1 Å². The third-order valence-electron chi connectivity index (χ3n) is 3.41. The van der Waals surface area contributed by atoms with Crippen LogP contribution in [-0.2, 0) is 6.42 Å². The zero-order valence-electron chi connectivity index (χ0n) is 12.3. The highest BCUT2D eigenvalue weighted by atomic mass is 16.5. The van der Waals surface area contributed by atoms with E-state index in [2.05, 4.69) is 10.1 Å². The summed E-state index contributed by atoms with van der Waals surface area (Å²) in [5.74, 6) is 1.75. The first-order valence-electron chi connectivity index (χ1n) is 7.04. The monoisotopic (exact) mass is 295 g/mol. The molecule has 3 aromatic rings. The van der Waals surface area contributed by atoms with Gasteiger partial charge in [0.05, 0.1) is 13.2 Å². The SMILES string of the molecule is COc1ccc(-c2noc(C(N)Cc3ccccc3)n2)cc1. The van der Waals surface area contributed by atoms with Crippen molar-refractivity contribution in [1.29, 1.82) is 0 Å². The van der Waals surface area contributed by atoms with Gasteiger partial charge in [0.1, 0.15) is 5.75 Å². The fourth-order valence-corrected chi connectivity index (χ4v) is 2.20. The summed E-state index contributed by atoms with van der Waals surface area (Å²) < 4.78 is 10.4. The molecule has 0 aliphatic heterocycles. The van der Waals surface area contributed by atoms with Gasteiger partial charge in [-0.2, -0.15) is 4.98 Å². The first-order chi connectivity index (χ1) is 10.8. The molecule has 5 heteroatoms. The van der Waals surface area contributed by atoms with Crippen LogP contribution in [0.4, 0.5) is 0 Å². The number of benzene rings is 2. The van der Waals surface area contributed by atoms with E-state index in [1.807, 2.05) is 54.6 Å². The first kappa shape index (κ1) is 14.3. The Morgan fingerprint density at radius 2 is 1.82 bits per heavy atom. The normalized spacial score (nSPS) is 12.1. The van der Waals surface area contributed by atoms with E-state index in [9.17, 15) is 0 Å². The topological polar surface area (TPSA) is 74.2 Å². The Morgan fingerprint density at radius 1 is 1.09 bits per heavy atom. The van der Waals surface area contributed by atoms with Crippen LogP contribution in [0, 0.1) is 0 Å². The second kappa shape index (κ2) is 6.41. The van der Waals surface area contributed by atoms with Crippen molar-refractivity contribution in [3.63, 3.8) is 0 Å². The van der Waals surface area contributed by atoms with Gasteiger partial charge in [0.15, 0.2) is 0 Å². The van der Waals surface area contributed by atoms with Crippen molar-refractivity contribution >= 4 is 0 Å². The summed E-state index contributed by atoms with van der Waals surface area (Å²) in [7, 11) is 1.63. The van der Waals surface area contributed by atoms with Gasteiger partial charge in [-0.25, -0.2) is 0 Å².